The lowest BCUT2D eigenvalue weighted by molar-refractivity contribution is -0.141. The number of carboxylic acid groups (broad SMARTS) is 1. The zero-order valence-corrected chi connectivity index (χ0v) is 11.1. The summed E-state index contributed by atoms with van der Waals surface area (Å²) in [5, 5.41) is 11.4. The number of alkyl halides is 1. The van der Waals surface area contributed by atoms with E-state index in [9.17, 15) is 9.59 Å². The van der Waals surface area contributed by atoms with Gasteiger partial charge in [0.25, 0.3) is 0 Å². The summed E-state index contributed by atoms with van der Waals surface area (Å²) in [6, 6.07) is 4.79. The summed E-state index contributed by atoms with van der Waals surface area (Å²) in [6.45, 7) is 3.95. The van der Waals surface area contributed by atoms with Gasteiger partial charge in [-0.1, -0.05) is 18.2 Å². The zero-order valence-electron chi connectivity index (χ0n) is 10.4. The third-order valence-electron chi connectivity index (χ3n) is 2.77. The van der Waals surface area contributed by atoms with Gasteiger partial charge >= 0.3 is 5.97 Å². The van der Waals surface area contributed by atoms with Crippen molar-refractivity contribution in [2.75, 3.05) is 5.88 Å². The van der Waals surface area contributed by atoms with Crippen molar-refractivity contribution in [3.8, 4) is 0 Å². The predicted octanol–water partition coefficient (Wildman–Crippen LogP) is 1.65. The highest BCUT2D eigenvalue weighted by Gasteiger charge is 2.19. The van der Waals surface area contributed by atoms with Gasteiger partial charge in [0.15, 0.2) is 0 Å². The Morgan fingerprint density at radius 3 is 2.50 bits per heavy atom. The first kappa shape index (κ1) is 14.5. The molecule has 98 valence electrons. The van der Waals surface area contributed by atoms with Crippen LogP contribution in [-0.4, -0.2) is 28.9 Å². The molecule has 0 bridgehead atoms. The van der Waals surface area contributed by atoms with Crippen molar-refractivity contribution in [2.45, 2.75) is 26.3 Å². The number of hydrogen-bond donors (Lipinski definition) is 2. The molecule has 0 fully saturated rings. The maximum Gasteiger partial charge on any atom is 0.326 e. The first-order valence-electron chi connectivity index (χ1n) is 5.58. The van der Waals surface area contributed by atoms with E-state index in [4.69, 9.17) is 16.7 Å². The van der Waals surface area contributed by atoms with Crippen LogP contribution in [0.5, 0.6) is 0 Å². The van der Waals surface area contributed by atoms with Gasteiger partial charge in [-0.2, -0.15) is 0 Å². The number of nitrogens with one attached hydrogen (secondary N) is 1. The van der Waals surface area contributed by atoms with E-state index in [1.807, 2.05) is 32.0 Å². The van der Waals surface area contributed by atoms with Crippen LogP contribution in [0.25, 0.3) is 0 Å². The number of carbonyl (C=O) groups excluding carboxylic acids is 1. The number of benzene rings is 1. The third-order valence-corrected chi connectivity index (χ3v) is 3.01. The smallest absolute Gasteiger partial charge is 0.326 e. The molecule has 0 aliphatic heterocycles. The van der Waals surface area contributed by atoms with Gasteiger partial charge in [0.05, 0.1) is 0 Å². The van der Waals surface area contributed by atoms with E-state index >= 15 is 0 Å². The average Bonchev–Trinajstić information content (AvgIpc) is 2.32. The lowest BCUT2D eigenvalue weighted by Gasteiger charge is -2.14. The number of rotatable bonds is 5. The minimum atomic E-state index is -1.06. The summed E-state index contributed by atoms with van der Waals surface area (Å²) < 4.78 is 0. The fraction of sp³-hybridized carbons (Fsp3) is 0.385. The first-order valence-corrected chi connectivity index (χ1v) is 6.11. The van der Waals surface area contributed by atoms with E-state index in [1.165, 1.54) is 0 Å². The Balaban J connectivity index is 2.80. The van der Waals surface area contributed by atoms with Crippen LogP contribution in [-0.2, 0) is 16.0 Å². The third kappa shape index (κ3) is 4.04. The minimum Gasteiger partial charge on any atom is -0.480 e. The molecule has 1 amide bonds. The zero-order chi connectivity index (χ0) is 13.7. The topological polar surface area (TPSA) is 66.4 Å². The second-order valence-electron chi connectivity index (χ2n) is 4.21. The highest BCUT2D eigenvalue weighted by Crippen LogP contribution is 2.11. The minimum absolute atomic E-state index is 0.239. The van der Waals surface area contributed by atoms with Crippen LogP contribution in [0.2, 0.25) is 0 Å². The number of aliphatic carboxylic acids is 1. The standard InChI is InChI=1S/C13H16ClNO3/c1-8-3-4-10(5-9(8)2)6-11(13(17)18)15-12(16)7-14/h3-5,11H,6-7H2,1-2H3,(H,15,16)(H,17,18)/t11-/m1/s1. The van der Waals surface area contributed by atoms with Crippen LogP contribution < -0.4 is 5.32 Å². The molecule has 0 heterocycles. The van der Waals surface area contributed by atoms with Crippen molar-refractivity contribution in [1.29, 1.82) is 0 Å². The van der Waals surface area contributed by atoms with E-state index in [0.29, 0.717) is 0 Å². The molecule has 1 rings (SSSR count). The molecular weight excluding hydrogens is 254 g/mol. The molecule has 0 aromatic heterocycles. The number of halogens is 1. The van der Waals surface area contributed by atoms with E-state index in [1.54, 1.807) is 0 Å². The molecule has 1 aromatic rings. The van der Waals surface area contributed by atoms with E-state index < -0.39 is 17.9 Å². The summed E-state index contributed by atoms with van der Waals surface area (Å²) in [4.78, 5) is 22.2. The number of carboxylic acids is 1. The van der Waals surface area contributed by atoms with Crippen molar-refractivity contribution in [2.24, 2.45) is 0 Å². The summed E-state index contributed by atoms with van der Waals surface area (Å²) in [5.41, 5.74) is 3.12. The van der Waals surface area contributed by atoms with Gasteiger partial charge in [-0.25, -0.2) is 4.79 Å². The molecule has 0 saturated carbocycles. The maximum atomic E-state index is 11.1. The molecule has 1 aromatic carbocycles. The Hall–Kier alpha value is -1.55. The molecule has 0 aliphatic rings. The fourth-order valence-corrected chi connectivity index (χ4v) is 1.68. The second-order valence-corrected chi connectivity index (χ2v) is 4.48. The first-order chi connectivity index (χ1) is 8.43. The van der Waals surface area contributed by atoms with E-state index in [2.05, 4.69) is 5.32 Å². The fourth-order valence-electron chi connectivity index (χ4n) is 1.60. The Labute approximate surface area is 111 Å². The van der Waals surface area contributed by atoms with Crippen LogP contribution in [0, 0.1) is 13.8 Å². The van der Waals surface area contributed by atoms with Gasteiger partial charge in [-0.3, -0.25) is 4.79 Å². The molecule has 0 radical (unpaired) electrons. The molecule has 0 saturated heterocycles. The highest BCUT2D eigenvalue weighted by molar-refractivity contribution is 6.27. The van der Waals surface area contributed by atoms with E-state index in [-0.39, 0.29) is 12.3 Å². The molecular formula is C13H16ClNO3. The lowest BCUT2D eigenvalue weighted by atomic mass is 10.0. The van der Waals surface area contributed by atoms with Gasteiger partial charge in [0.1, 0.15) is 11.9 Å². The van der Waals surface area contributed by atoms with Gasteiger partial charge in [0.2, 0.25) is 5.91 Å². The van der Waals surface area contributed by atoms with Crippen molar-refractivity contribution in [3.63, 3.8) is 0 Å². The number of aryl methyl sites for hydroxylation is 2. The molecule has 0 spiro atoms. The second kappa shape index (κ2) is 6.40. The molecule has 2 N–H and O–H groups in total. The molecule has 5 heteroatoms. The molecule has 0 unspecified atom stereocenters. The number of hydrogen-bond acceptors (Lipinski definition) is 2. The Kier molecular flexibility index (Phi) is 5.16. The normalized spacial score (nSPS) is 11.9. The molecule has 1 atom stereocenters. The number of carbonyl (C=O) groups is 2. The van der Waals surface area contributed by atoms with Crippen molar-refractivity contribution in [3.05, 3.63) is 34.9 Å². The van der Waals surface area contributed by atoms with Crippen molar-refractivity contribution < 1.29 is 14.7 Å². The van der Waals surface area contributed by atoms with Crippen LogP contribution in [0.15, 0.2) is 18.2 Å². The van der Waals surface area contributed by atoms with E-state index in [0.717, 1.165) is 16.7 Å². The van der Waals surface area contributed by atoms with Crippen molar-refractivity contribution in [1.82, 2.24) is 5.32 Å². The monoisotopic (exact) mass is 269 g/mol. The van der Waals surface area contributed by atoms with Gasteiger partial charge in [0, 0.05) is 6.42 Å². The summed E-state index contributed by atoms with van der Waals surface area (Å²) in [7, 11) is 0. The lowest BCUT2D eigenvalue weighted by Crippen LogP contribution is -2.42. The van der Waals surface area contributed by atoms with Crippen LogP contribution in [0.4, 0.5) is 0 Å². The summed E-state index contributed by atoms with van der Waals surface area (Å²) in [6.07, 6.45) is 0.249. The van der Waals surface area contributed by atoms with Crippen LogP contribution in [0.1, 0.15) is 16.7 Å². The summed E-state index contributed by atoms with van der Waals surface area (Å²) >= 11 is 5.34. The predicted molar refractivity (Wildman–Crippen MR) is 69.9 cm³/mol. The van der Waals surface area contributed by atoms with Gasteiger partial charge in [-0.05, 0) is 30.5 Å². The summed E-state index contributed by atoms with van der Waals surface area (Å²) in [5.74, 6) is -1.78. The Morgan fingerprint density at radius 1 is 1.33 bits per heavy atom. The largest absolute Gasteiger partial charge is 0.480 e. The Bertz CT molecular complexity index is 460. The molecule has 4 nitrogen and oxygen atoms in total. The quantitative estimate of drug-likeness (QED) is 0.799. The van der Waals surface area contributed by atoms with Gasteiger partial charge < -0.3 is 10.4 Å². The molecule has 0 aliphatic carbocycles. The SMILES string of the molecule is Cc1ccc(C[C@@H](NC(=O)CCl)C(=O)O)cc1C. The average molecular weight is 270 g/mol. The molecule has 18 heavy (non-hydrogen) atoms. The number of amides is 1. The highest BCUT2D eigenvalue weighted by atomic mass is 35.5. The van der Waals surface area contributed by atoms with Crippen LogP contribution >= 0.6 is 11.6 Å². The Morgan fingerprint density at radius 2 is 2.00 bits per heavy atom. The maximum absolute atomic E-state index is 11.1. The van der Waals surface area contributed by atoms with Crippen molar-refractivity contribution >= 4 is 23.5 Å². The van der Waals surface area contributed by atoms with Crippen LogP contribution in [0.3, 0.4) is 0 Å². The van der Waals surface area contributed by atoms with Gasteiger partial charge in [-0.15, -0.1) is 11.6 Å².